The fourth-order valence-corrected chi connectivity index (χ4v) is 2.52. The van der Waals surface area contributed by atoms with Crippen molar-refractivity contribution in [1.29, 1.82) is 0 Å². The second-order valence-electron chi connectivity index (χ2n) is 4.37. The lowest BCUT2D eigenvalue weighted by Gasteiger charge is -2.35. The molecular weight excluding hydrogens is 296 g/mol. The maximum Gasteiger partial charge on any atom is 0.133 e. The van der Waals surface area contributed by atoms with E-state index < -0.39 is 0 Å². The van der Waals surface area contributed by atoms with Crippen molar-refractivity contribution in [3.63, 3.8) is 0 Å². The Labute approximate surface area is 116 Å². The minimum absolute atomic E-state index is 0.235. The molecule has 1 aromatic rings. The first-order valence-electron chi connectivity index (χ1n) is 6.34. The summed E-state index contributed by atoms with van der Waals surface area (Å²) in [5, 5.41) is 8.92. The molecule has 0 atom stereocenters. The third kappa shape index (κ3) is 3.40. The number of hydrogen-bond acceptors (Lipinski definition) is 5. The number of piperazine rings is 1. The Bertz CT molecular complexity index is 394. The van der Waals surface area contributed by atoms with Crippen molar-refractivity contribution < 1.29 is 5.11 Å². The van der Waals surface area contributed by atoms with Gasteiger partial charge in [-0.25, -0.2) is 9.97 Å². The van der Waals surface area contributed by atoms with Gasteiger partial charge in [0.1, 0.15) is 16.2 Å². The molecule has 2 heterocycles. The Morgan fingerprint density at radius 1 is 1.28 bits per heavy atom. The SMILES string of the molecule is CCc1nc(Br)cc(N2CCN(CCO)CC2)n1. The van der Waals surface area contributed by atoms with Crippen LogP contribution in [0.5, 0.6) is 0 Å². The highest BCUT2D eigenvalue weighted by atomic mass is 79.9. The third-order valence-electron chi connectivity index (χ3n) is 3.16. The van der Waals surface area contributed by atoms with Gasteiger partial charge in [-0.1, -0.05) is 6.92 Å². The minimum Gasteiger partial charge on any atom is -0.395 e. The zero-order valence-electron chi connectivity index (χ0n) is 10.6. The molecule has 100 valence electrons. The van der Waals surface area contributed by atoms with Crippen molar-refractivity contribution >= 4 is 21.7 Å². The maximum absolute atomic E-state index is 8.92. The first-order chi connectivity index (χ1) is 8.72. The van der Waals surface area contributed by atoms with Crippen LogP contribution < -0.4 is 4.90 Å². The number of β-amino-alcohol motifs (C(OH)–C–C–N with tert-alkyl or cyclic N) is 1. The summed E-state index contributed by atoms with van der Waals surface area (Å²) in [5.41, 5.74) is 0. The van der Waals surface area contributed by atoms with E-state index in [-0.39, 0.29) is 6.61 Å². The molecule has 0 radical (unpaired) electrons. The Hall–Kier alpha value is -0.720. The summed E-state index contributed by atoms with van der Waals surface area (Å²) in [4.78, 5) is 13.4. The molecule has 0 spiro atoms. The monoisotopic (exact) mass is 314 g/mol. The summed E-state index contributed by atoms with van der Waals surface area (Å²) in [6.07, 6.45) is 0.844. The highest BCUT2D eigenvalue weighted by Crippen LogP contribution is 2.18. The number of aliphatic hydroxyl groups excluding tert-OH is 1. The normalized spacial score (nSPS) is 17.2. The predicted molar refractivity (Wildman–Crippen MR) is 74.8 cm³/mol. The van der Waals surface area contributed by atoms with E-state index >= 15 is 0 Å². The Balaban J connectivity index is 2.02. The van der Waals surface area contributed by atoms with Crippen LogP contribution in [0.4, 0.5) is 5.82 Å². The van der Waals surface area contributed by atoms with Crippen LogP contribution in [0, 0.1) is 0 Å². The molecule has 2 rings (SSSR count). The van der Waals surface area contributed by atoms with E-state index in [0.717, 1.165) is 55.4 Å². The maximum atomic E-state index is 8.92. The van der Waals surface area contributed by atoms with Crippen LogP contribution in [0.1, 0.15) is 12.7 Å². The molecule has 1 aliphatic heterocycles. The molecule has 1 aliphatic rings. The zero-order chi connectivity index (χ0) is 13.0. The molecule has 0 unspecified atom stereocenters. The number of nitrogens with zero attached hydrogens (tertiary/aromatic N) is 4. The van der Waals surface area contributed by atoms with E-state index in [1.807, 2.05) is 6.07 Å². The molecule has 1 aromatic heterocycles. The van der Waals surface area contributed by atoms with Crippen molar-refractivity contribution in [3.05, 3.63) is 16.5 Å². The highest BCUT2D eigenvalue weighted by molar-refractivity contribution is 9.10. The molecule has 0 bridgehead atoms. The molecule has 0 aromatic carbocycles. The Morgan fingerprint density at radius 3 is 2.61 bits per heavy atom. The van der Waals surface area contributed by atoms with Crippen LogP contribution in [-0.2, 0) is 6.42 Å². The molecule has 0 amide bonds. The lowest BCUT2D eigenvalue weighted by Crippen LogP contribution is -2.47. The van der Waals surface area contributed by atoms with Gasteiger partial charge >= 0.3 is 0 Å². The third-order valence-corrected chi connectivity index (χ3v) is 3.56. The Kier molecular flexibility index (Phi) is 4.91. The van der Waals surface area contributed by atoms with Crippen LogP contribution in [0.25, 0.3) is 0 Å². The smallest absolute Gasteiger partial charge is 0.133 e. The van der Waals surface area contributed by atoms with E-state index in [2.05, 4.69) is 42.6 Å². The molecule has 18 heavy (non-hydrogen) atoms. The molecule has 6 heteroatoms. The summed E-state index contributed by atoms with van der Waals surface area (Å²) in [5.74, 6) is 1.87. The number of aromatic nitrogens is 2. The van der Waals surface area contributed by atoms with Crippen molar-refractivity contribution in [3.8, 4) is 0 Å². The average Bonchev–Trinajstić information content (AvgIpc) is 2.39. The van der Waals surface area contributed by atoms with Crippen molar-refractivity contribution in [2.45, 2.75) is 13.3 Å². The number of aliphatic hydroxyl groups is 1. The molecule has 0 saturated carbocycles. The summed E-state index contributed by atoms with van der Waals surface area (Å²) in [7, 11) is 0. The van der Waals surface area contributed by atoms with Crippen molar-refractivity contribution in [1.82, 2.24) is 14.9 Å². The fourth-order valence-electron chi connectivity index (χ4n) is 2.11. The van der Waals surface area contributed by atoms with Gasteiger partial charge in [0.05, 0.1) is 6.61 Å². The second-order valence-corrected chi connectivity index (χ2v) is 5.18. The molecule has 1 fully saturated rings. The summed E-state index contributed by atoms with van der Waals surface area (Å²) < 4.78 is 0.849. The van der Waals surface area contributed by atoms with Crippen LogP contribution in [0.3, 0.4) is 0 Å². The van der Waals surface area contributed by atoms with Gasteiger partial charge in [-0.05, 0) is 15.9 Å². The second kappa shape index (κ2) is 6.45. The van der Waals surface area contributed by atoms with Gasteiger partial charge in [0.25, 0.3) is 0 Å². The van der Waals surface area contributed by atoms with Crippen LogP contribution in [0.15, 0.2) is 10.7 Å². The van der Waals surface area contributed by atoms with Gasteiger partial charge < -0.3 is 10.0 Å². The van der Waals surface area contributed by atoms with Crippen LogP contribution in [-0.4, -0.2) is 59.3 Å². The van der Waals surface area contributed by atoms with Crippen LogP contribution in [0.2, 0.25) is 0 Å². The van der Waals surface area contributed by atoms with E-state index in [1.54, 1.807) is 0 Å². The van der Waals surface area contributed by atoms with Gasteiger partial charge in [0.15, 0.2) is 0 Å². The number of aryl methyl sites for hydroxylation is 1. The van der Waals surface area contributed by atoms with Crippen molar-refractivity contribution in [2.75, 3.05) is 44.2 Å². The average molecular weight is 315 g/mol. The Morgan fingerprint density at radius 2 is 2.00 bits per heavy atom. The van der Waals surface area contributed by atoms with E-state index in [0.29, 0.717) is 0 Å². The number of hydrogen-bond donors (Lipinski definition) is 1. The molecule has 0 aliphatic carbocycles. The summed E-state index contributed by atoms with van der Waals surface area (Å²) >= 11 is 3.44. The van der Waals surface area contributed by atoms with Crippen LogP contribution >= 0.6 is 15.9 Å². The minimum atomic E-state index is 0.235. The van der Waals surface area contributed by atoms with Gasteiger partial charge in [-0.15, -0.1) is 0 Å². The van der Waals surface area contributed by atoms with E-state index in [1.165, 1.54) is 0 Å². The van der Waals surface area contributed by atoms with Gasteiger partial charge in [0, 0.05) is 45.2 Å². The first-order valence-corrected chi connectivity index (χ1v) is 7.14. The standard InChI is InChI=1S/C12H19BrN4O/c1-2-11-14-10(13)9-12(15-11)17-5-3-16(4-6-17)7-8-18/h9,18H,2-8H2,1H3. The lowest BCUT2D eigenvalue weighted by molar-refractivity contribution is 0.188. The lowest BCUT2D eigenvalue weighted by atomic mass is 10.3. The summed E-state index contributed by atoms with van der Waals surface area (Å²) in [6, 6.07) is 1.97. The summed E-state index contributed by atoms with van der Waals surface area (Å²) in [6.45, 7) is 6.91. The number of rotatable bonds is 4. The molecular formula is C12H19BrN4O. The zero-order valence-corrected chi connectivity index (χ0v) is 12.2. The number of anilines is 1. The van der Waals surface area contributed by atoms with Gasteiger partial charge in [-0.3, -0.25) is 4.90 Å². The quantitative estimate of drug-likeness (QED) is 0.837. The highest BCUT2D eigenvalue weighted by Gasteiger charge is 2.18. The van der Waals surface area contributed by atoms with Crippen molar-refractivity contribution in [2.24, 2.45) is 0 Å². The number of halogens is 1. The largest absolute Gasteiger partial charge is 0.395 e. The van der Waals surface area contributed by atoms with Gasteiger partial charge in [0.2, 0.25) is 0 Å². The molecule has 1 saturated heterocycles. The molecule has 1 N–H and O–H groups in total. The molecule has 5 nitrogen and oxygen atoms in total. The first kappa shape index (κ1) is 13.7. The predicted octanol–water partition coefficient (Wildman–Crippen LogP) is 0.916. The fraction of sp³-hybridized carbons (Fsp3) is 0.667. The topological polar surface area (TPSA) is 52.5 Å². The van der Waals surface area contributed by atoms with Gasteiger partial charge in [-0.2, -0.15) is 0 Å². The van der Waals surface area contributed by atoms with E-state index in [9.17, 15) is 0 Å². The van der Waals surface area contributed by atoms with E-state index in [4.69, 9.17) is 5.11 Å².